The molecule has 0 radical (unpaired) electrons. The predicted octanol–water partition coefficient (Wildman–Crippen LogP) is 0.349. The van der Waals surface area contributed by atoms with Crippen LogP contribution in [-0.2, 0) is 4.79 Å². The first-order valence-electron chi connectivity index (χ1n) is 6.95. The third-order valence-electron chi connectivity index (χ3n) is 3.46. The molecule has 2 rings (SSSR count). The average Bonchev–Trinajstić information content (AvgIpc) is 2.93. The van der Waals surface area contributed by atoms with Crippen molar-refractivity contribution in [3.05, 3.63) is 12.3 Å². The first kappa shape index (κ1) is 15.3. The van der Waals surface area contributed by atoms with Gasteiger partial charge < -0.3 is 14.7 Å². The number of carbonyl (C=O) groups is 2. The van der Waals surface area contributed by atoms with Crippen LogP contribution in [0.15, 0.2) is 16.9 Å². The van der Waals surface area contributed by atoms with E-state index in [1.807, 2.05) is 0 Å². The Morgan fingerprint density at radius 3 is 2.71 bits per heavy atom. The molecule has 2 N–H and O–H groups in total. The minimum atomic E-state index is -0.285. The lowest BCUT2D eigenvalue weighted by Crippen LogP contribution is -2.48. The number of aromatic nitrogens is 1. The molecule has 0 aliphatic carbocycles. The standard InChI is InChI=1S/C13H21N5O3/c1-17(2)12(19)9-18-6-3-10(4-7-18)14-13(20)15-11-5-8-21-16-11/h5,8,10H,3-4,6-7,9H2,1-2H3,(H2,14,15,16,20). The van der Waals surface area contributed by atoms with Crippen LogP contribution in [0.5, 0.6) is 0 Å². The molecule has 1 fully saturated rings. The summed E-state index contributed by atoms with van der Waals surface area (Å²) in [5, 5.41) is 9.11. The van der Waals surface area contributed by atoms with E-state index in [1.54, 1.807) is 25.1 Å². The first-order chi connectivity index (χ1) is 10.0. The largest absolute Gasteiger partial charge is 0.363 e. The van der Waals surface area contributed by atoms with Crippen molar-refractivity contribution in [3.8, 4) is 0 Å². The van der Waals surface area contributed by atoms with Gasteiger partial charge in [0, 0.05) is 39.3 Å². The summed E-state index contributed by atoms with van der Waals surface area (Å²) in [4.78, 5) is 27.1. The van der Waals surface area contributed by atoms with Gasteiger partial charge in [0.1, 0.15) is 6.26 Å². The average molecular weight is 295 g/mol. The molecule has 3 amide bonds. The van der Waals surface area contributed by atoms with E-state index in [9.17, 15) is 9.59 Å². The Morgan fingerprint density at radius 2 is 2.14 bits per heavy atom. The summed E-state index contributed by atoms with van der Waals surface area (Å²) in [6, 6.07) is 1.41. The number of hydrogen-bond donors (Lipinski definition) is 2. The summed E-state index contributed by atoms with van der Waals surface area (Å²) >= 11 is 0. The SMILES string of the molecule is CN(C)C(=O)CN1CCC(NC(=O)Nc2ccon2)CC1. The van der Waals surface area contributed by atoms with Crippen LogP contribution in [0.25, 0.3) is 0 Å². The summed E-state index contributed by atoms with van der Waals surface area (Å²) in [6.45, 7) is 2.04. The third-order valence-corrected chi connectivity index (χ3v) is 3.46. The van der Waals surface area contributed by atoms with Crippen molar-refractivity contribution in [2.45, 2.75) is 18.9 Å². The maximum absolute atomic E-state index is 11.7. The number of amides is 3. The van der Waals surface area contributed by atoms with Crippen molar-refractivity contribution in [2.24, 2.45) is 0 Å². The highest BCUT2D eigenvalue weighted by atomic mass is 16.5. The van der Waals surface area contributed by atoms with Crippen molar-refractivity contribution in [1.29, 1.82) is 0 Å². The molecule has 1 aromatic heterocycles. The van der Waals surface area contributed by atoms with Crippen molar-refractivity contribution in [2.75, 3.05) is 39.0 Å². The Hall–Kier alpha value is -2.09. The fourth-order valence-corrected chi connectivity index (χ4v) is 2.18. The van der Waals surface area contributed by atoms with Gasteiger partial charge in [-0.1, -0.05) is 5.16 Å². The zero-order valence-corrected chi connectivity index (χ0v) is 12.3. The maximum atomic E-state index is 11.7. The van der Waals surface area contributed by atoms with E-state index < -0.39 is 0 Å². The number of carbonyl (C=O) groups excluding carboxylic acids is 2. The highest BCUT2D eigenvalue weighted by Crippen LogP contribution is 2.10. The molecule has 2 heterocycles. The third kappa shape index (κ3) is 4.75. The number of hydrogen-bond acceptors (Lipinski definition) is 5. The van der Waals surface area contributed by atoms with Gasteiger partial charge in [0.15, 0.2) is 5.82 Å². The second-order valence-electron chi connectivity index (χ2n) is 5.32. The molecule has 0 bridgehead atoms. The number of nitrogens with zero attached hydrogens (tertiary/aromatic N) is 3. The van der Waals surface area contributed by atoms with E-state index in [0.717, 1.165) is 25.9 Å². The van der Waals surface area contributed by atoms with E-state index in [1.165, 1.54) is 6.26 Å². The van der Waals surface area contributed by atoms with Crippen molar-refractivity contribution in [1.82, 2.24) is 20.3 Å². The van der Waals surface area contributed by atoms with Crippen LogP contribution >= 0.6 is 0 Å². The second-order valence-corrected chi connectivity index (χ2v) is 5.32. The van der Waals surface area contributed by atoms with Crippen LogP contribution in [0, 0.1) is 0 Å². The lowest BCUT2D eigenvalue weighted by Gasteiger charge is -2.32. The molecular weight excluding hydrogens is 274 g/mol. The molecule has 8 nitrogen and oxygen atoms in total. The lowest BCUT2D eigenvalue weighted by molar-refractivity contribution is -0.130. The minimum Gasteiger partial charge on any atom is -0.363 e. The van der Waals surface area contributed by atoms with Gasteiger partial charge >= 0.3 is 6.03 Å². The number of likely N-dealkylation sites (N-methyl/N-ethyl adjacent to an activating group) is 1. The second kappa shape index (κ2) is 7.07. The van der Waals surface area contributed by atoms with E-state index >= 15 is 0 Å². The van der Waals surface area contributed by atoms with E-state index in [4.69, 9.17) is 0 Å². The summed E-state index contributed by atoms with van der Waals surface area (Å²) in [5.74, 6) is 0.492. The lowest BCUT2D eigenvalue weighted by atomic mass is 10.1. The molecule has 1 aromatic rings. The highest BCUT2D eigenvalue weighted by Gasteiger charge is 2.22. The zero-order valence-electron chi connectivity index (χ0n) is 12.3. The molecule has 1 aliphatic heterocycles. The molecule has 0 unspecified atom stereocenters. The summed E-state index contributed by atoms with van der Waals surface area (Å²) in [6.07, 6.45) is 3.05. The molecule has 1 saturated heterocycles. The number of anilines is 1. The Bertz CT molecular complexity index is 466. The van der Waals surface area contributed by atoms with Gasteiger partial charge in [-0.25, -0.2) is 4.79 Å². The number of urea groups is 1. The molecular formula is C13H21N5O3. The van der Waals surface area contributed by atoms with E-state index in [0.29, 0.717) is 12.4 Å². The monoisotopic (exact) mass is 295 g/mol. The number of nitrogens with one attached hydrogen (secondary N) is 2. The Balaban J connectivity index is 1.69. The fourth-order valence-electron chi connectivity index (χ4n) is 2.18. The molecule has 0 saturated carbocycles. The van der Waals surface area contributed by atoms with Crippen LogP contribution in [0.4, 0.5) is 10.6 Å². The molecule has 8 heteroatoms. The molecule has 0 aromatic carbocycles. The van der Waals surface area contributed by atoms with Crippen molar-refractivity contribution in [3.63, 3.8) is 0 Å². The van der Waals surface area contributed by atoms with Gasteiger partial charge in [-0.15, -0.1) is 0 Å². The molecule has 0 spiro atoms. The van der Waals surface area contributed by atoms with Gasteiger partial charge in [0.05, 0.1) is 6.54 Å². The minimum absolute atomic E-state index is 0.102. The van der Waals surface area contributed by atoms with Gasteiger partial charge in [0.25, 0.3) is 0 Å². The van der Waals surface area contributed by atoms with Crippen LogP contribution in [-0.4, -0.2) is 66.7 Å². The summed E-state index contributed by atoms with van der Waals surface area (Å²) in [5.41, 5.74) is 0. The van der Waals surface area contributed by atoms with E-state index in [2.05, 4.69) is 25.2 Å². The molecule has 116 valence electrons. The predicted molar refractivity (Wildman–Crippen MR) is 76.8 cm³/mol. The smallest absolute Gasteiger partial charge is 0.320 e. The number of rotatable bonds is 4. The normalized spacial score (nSPS) is 16.5. The highest BCUT2D eigenvalue weighted by molar-refractivity contribution is 5.88. The van der Waals surface area contributed by atoms with Gasteiger partial charge in [0.2, 0.25) is 5.91 Å². The van der Waals surface area contributed by atoms with Crippen LogP contribution in [0.1, 0.15) is 12.8 Å². The quantitative estimate of drug-likeness (QED) is 0.836. The van der Waals surface area contributed by atoms with E-state index in [-0.39, 0.29) is 18.0 Å². The molecule has 0 atom stereocenters. The number of piperidine rings is 1. The summed E-state index contributed by atoms with van der Waals surface area (Å²) < 4.78 is 4.64. The Kier molecular flexibility index (Phi) is 5.15. The van der Waals surface area contributed by atoms with Crippen molar-refractivity contribution >= 4 is 17.8 Å². The number of likely N-dealkylation sites (tertiary alicyclic amines) is 1. The van der Waals surface area contributed by atoms with Crippen molar-refractivity contribution < 1.29 is 14.1 Å². The topological polar surface area (TPSA) is 90.7 Å². The van der Waals surface area contributed by atoms with Crippen LogP contribution in [0.3, 0.4) is 0 Å². The van der Waals surface area contributed by atoms with Gasteiger partial charge in [-0.3, -0.25) is 15.0 Å². The Labute approximate surface area is 123 Å². The van der Waals surface area contributed by atoms with Crippen LogP contribution < -0.4 is 10.6 Å². The summed E-state index contributed by atoms with van der Waals surface area (Å²) in [7, 11) is 3.51. The maximum Gasteiger partial charge on any atom is 0.320 e. The Morgan fingerprint density at radius 1 is 1.43 bits per heavy atom. The van der Waals surface area contributed by atoms with Gasteiger partial charge in [-0.05, 0) is 12.8 Å². The molecule has 21 heavy (non-hydrogen) atoms. The molecule has 1 aliphatic rings. The van der Waals surface area contributed by atoms with Crippen LogP contribution in [0.2, 0.25) is 0 Å². The first-order valence-corrected chi connectivity index (χ1v) is 6.95. The van der Waals surface area contributed by atoms with Gasteiger partial charge in [-0.2, -0.15) is 0 Å². The zero-order chi connectivity index (χ0) is 15.2. The fraction of sp³-hybridized carbons (Fsp3) is 0.615.